The molecule has 31 heavy (non-hydrogen) atoms. The Morgan fingerprint density at radius 2 is 1.61 bits per heavy atom. The molecule has 2 aromatic carbocycles. The zero-order chi connectivity index (χ0) is 21.3. The molecule has 0 aliphatic carbocycles. The van der Waals surface area contributed by atoms with E-state index >= 15 is 0 Å². The molecule has 0 radical (unpaired) electrons. The predicted molar refractivity (Wildman–Crippen MR) is 139 cm³/mol. The van der Waals surface area contributed by atoms with E-state index in [0.717, 1.165) is 56.5 Å². The summed E-state index contributed by atoms with van der Waals surface area (Å²) in [5.74, 6) is 1.67. The summed E-state index contributed by atoms with van der Waals surface area (Å²) in [7, 11) is 5.69. The summed E-state index contributed by atoms with van der Waals surface area (Å²) in [6, 6.07) is 15.1. The lowest BCUT2D eigenvalue weighted by Gasteiger charge is -2.32. The molecule has 6 nitrogen and oxygen atoms in total. The number of methoxy groups -OCH3 is 1. The Balaban J connectivity index is 0.00000341. The van der Waals surface area contributed by atoms with E-state index < -0.39 is 0 Å². The average Bonchev–Trinajstić information content (AvgIpc) is 2.77. The van der Waals surface area contributed by atoms with E-state index in [1.807, 2.05) is 0 Å². The van der Waals surface area contributed by atoms with E-state index in [-0.39, 0.29) is 24.0 Å². The van der Waals surface area contributed by atoms with E-state index in [0.29, 0.717) is 6.54 Å². The van der Waals surface area contributed by atoms with E-state index in [1.54, 1.807) is 14.2 Å². The fourth-order valence-corrected chi connectivity index (χ4v) is 3.61. The van der Waals surface area contributed by atoms with Gasteiger partial charge in [-0.15, -0.1) is 24.0 Å². The lowest BCUT2D eigenvalue weighted by Crippen LogP contribution is -2.43. The summed E-state index contributed by atoms with van der Waals surface area (Å²) >= 11 is 0. The van der Waals surface area contributed by atoms with Crippen LogP contribution in [0.25, 0.3) is 0 Å². The van der Waals surface area contributed by atoms with E-state index in [2.05, 4.69) is 81.9 Å². The smallest absolute Gasteiger partial charge is 0.191 e. The van der Waals surface area contributed by atoms with Gasteiger partial charge >= 0.3 is 0 Å². The predicted octanol–water partition coefficient (Wildman–Crippen LogP) is 3.23. The molecule has 1 aliphatic heterocycles. The molecule has 0 spiro atoms. The molecule has 1 heterocycles. The first-order valence-electron chi connectivity index (χ1n) is 10.6. The molecule has 1 aliphatic rings. The number of nitrogens with one attached hydrogen (secondary N) is 2. The molecule has 2 aromatic rings. The number of likely N-dealkylation sites (N-methyl/N-ethyl adjacent to an activating group) is 1. The molecule has 0 amide bonds. The van der Waals surface area contributed by atoms with Crippen LogP contribution in [-0.4, -0.2) is 63.1 Å². The highest BCUT2D eigenvalue weighted by Crippen LogP contribution is 2.19. The number of rotatable bonds is 7. The quantitative estimate of drug-likeness (QED) is 0.323. The second-order valence-corrected chi connectivity index (χ2v) is 7.99. The van der Waals surface area contributed by atoms with Gasteiger partial charge in [0.05, 0.1) is 7.11 Å². The topological polar surface area (TPSA) is 52.1 Å². The SMILES string of the molecule is CN=C(NCc1ccc(CN2CCN(C)CC2)cc1)NCc1ccc(C)cc1OC.I. The maximum Gasteiger partial charge on any atom is 0.191 e. The first-order chi connectivity index (χ1) is 14.6. The molecule has 1 saturated heterocycles. The average molecular weight is 537 g/mol. The van der Waals surface area contributed by atoms with Crippen LogP contribution in [0.3, 0.4) is 0 Å². The second kappa shape index (κ2) is 12.9. The molecule has 2 N–H and O–H groups in total. The van der Waals surface area contributed by atoms with Gasteiger partial charge in [-0.2, -0.15) is 0 Å². The van der Waals surface area contributed by atoms with Crippen molar-refractivity contribution in [3.05, 3.63) is 64.7 Å². The minimum Gasteiger partial charge on any atom is -0.496 e. The monoisotopic (exact) mass is 537 g/mol. The number of hydrogen-bond acceptors (Lipinski definition) is 4. The number of halogens is 1. The summed E-state index contributed by atoms with van der Waals surface area (Å²) in [4.78, 5) is 9.25. The fraction of sp³-hybridized carbons (Fsp3) is 0.458. The van der Waals surface area contributed by atoms with Crippen LogP contribution in [0.4, 0.5) is 0 Å². The number of nitrogens with zero attached hydrogens (tertiary/aromatic N) is 3. The van der Waals surface area contributed by atoms with Gasteiger partial charge in [0.1, 0.15) is 5.75 Å². The molecule has 0 bridgehead atoms. The van der Waals surface area contributed by atoms with Crippen molar-refractivity contribution in [3.63, 3.8) is 0 Å². The van der Waals surface area contributed by atoms with Crippen LogP contribution >= 0.6 is 24.0 Å². The number of guanidine groups is 1. The van der Waals surface area contributed by atoms with Crippen molar-refractivity contribution in [3.8, 4) is 5.75 Å². The maximum atomic E-state index is 5.49. The van der Waals surface area contributed by atoms with Crippen LogP contribution in [-0.2, 0) is 19.6 Å². The van der Waals surface area contributed by atoms with Crippen molar-refractivity contribution in [2.45, 2.75) is 26.6 Å². The molecule has 7 heteroatoms. The van der Waals surface area contributed by atoms with Gasteiger partial charge < -0.3 is 20.3 Å². The number of aliphatic imine (C=N–C) groups is 1. The van der Waals surface area contributed by atoms with Crippen molar-refractivity contribution in [2.24, 2.45) is 4.99 Å². The Hall–Kier alpha value is -1.84. The van der Waals surface area contributed by atoms with Gasteiger partial charge in [-0.1, -0.05) is 36.4 Å². The van der Waals surface area contributed by atoms with Crippen LogP contribution in [0.5, 0.6) is 5.75 Å². The van der Waals surface area contributed by atoms with Crippen LogP contribution in [0, 0.1) is 6.92 Å². The molecule has 0 atom stereocenters. The van der Waals surface area contributed by atoms with Crippen LogP contribution in [0.15, 0.2) is 47.5 Å². The Bertz CT molecular complexity index is 832. The number of ether oxygens (including phenoxy) is 1. The lowest BCUT2D eigenvalue weighted by atomic mass is 10.1. The second-order valence-electron chi connectivity index (χ2n) is 7.99. The highest BCUT2D eigenvalue weighted by Gasteiger charge is 2.13. The molecular weight excluding hydrogens is 501 g/mol. The minimum atomic E-state index is 0. The third-order valence-corrected chi connectivity index (χ3v) is 5.60. The van der Waals surface area contributed by atoms with Crippen molar-refractivity contribution in [2.75, 3.05) is 47.4 Å². The Morgan fingerprint density at radius 1 is 0.968 bits per heavy atom. The summed E-state index contributed by atoms with van der Waals surface area (Å²) in [6.07, 6.45) is 0. The van der Waals surface area contributed by atoms with Gasteiger partial charge in [0.2, 0.25) is 0 Å². The number of piperazine rings is 1. The third-order valence-electron chi connectivity index (χ3n) is 5.60. The maximum absolute atomic E-state index is 5.49. The largest absolute Gasteiger partial charge is 0.496 e. The molecule has 0 aromatic heterocycles. The summed E-state index contributed by atoms with van der Waals surface area (Å²) in [5.41, 5.74) is 4.92. The molecule has 0 unspecified atom stereocenters. The van der Waals surface area contributed by atoms with Crippen LogP contribution < -0.4 is 15.4 Å². The molecule has 170 valence electrons. The van der Waals surface area contributed by atoms with Crippen LogP contribution in [0.2, 0.25) is 0 Å². The van der Waals surface area contributed by atoms with Crippen molar-refractivity contribution in [1.29, 1.82) is 0 Å². The van der Waals surface area contributed by atoms with E-state index in [1.165, 1.54) is 16.7 Å². The van der Waals surface area contributed by atoms with Gasteiger partial charge in [0.15, 0.2) is 5.96 Å². The fourth-order valence-electron chi connectivity index (χ4n) is 3.61. The highest BCUT2D eigenvalue weighted by molar-refractivity contribution is 14.0. The van der Waals surface area contributed by atoms with Gasteiger partial charge in [-0.05, 0) is 36.7 Å². The van der Waals surface area contributed by atoms with Gasteiger partial charge in [0.25, 0.3) is 0 Å². The van der Waals surface area contributed by atoms with Gasteiger partial charge in [0, 0.05) is 58.4 Å². The first-order valence-corrected chi connectivity index (χ1v) is 10.6. The lowest BCUT2D eigenvalue weighted by molar-refractivity contribution is 0.148. The van der Waals surface area contributed by atoms with Crippen molar-refractivity contribution < 1.29 is 4.74 Å². The molecular formula is C24H36IN5O. The Labute approximate surface area is 204 Å². The van der Waals surface area contributed by atoms with Crippen molar-refractivity contribution >= 4 is 29.9 Å². The highest BCUT2D eigenvalue weighted by atomic mass is 127. The summed E-state index contributed by atoms with van der Waals surface area (Å²) < 4.78 is 5.49. The first kappa shape index (κ1) is 25.4. The Kier molecular flexibility index (Phi) is 10.6. The van der Waals surface area contributed by atoms with Crippen molar-refractivity contribution in [1.82, 2.24) is 20.4 Å². The molecule has 1 fully saturated rings. The van der Waals surface area contributed by atoms with E-state index in [9.17, 15) is 0 Å². The van der Waals surface area contributed by atoms with Gasteiger partial charge in [-0.3, -0.25) is 9.89 Å². The Morgan fingerprint density at radius 3 is 2.26 bits per heavy atom. The van der Waals surface area contributed by atoms with Crippen LogP contribution in [0.1, 0.15) is 22.3 Å². The number of aryl methyl sites for hydroxylation is 1. The number of hydrogen-bond donors (Lipinski definition) is 2. The summed E-state index contributed by atoms with van der Waals surface area (Å²) in [6.45, 7) is 9.10. The normalized spacial score (nSPS) is 15.3. The minimum absolute atomic E-state index is 0. The van der Waals surface area contributed by atoms with E-state index in [4.69, 9.17) is 4.74 Å². The zero-order valence-electron chi connectivity index (χ0n) is 19.1. The van der Waals surface area contributed by atoms with Gasteiger partial charge in [-0.25, -0.2) is 0 Å². The summed E-state index contributed by atoms with van der Waals surface area (Å²) in [5, 5.41) is 6.76. The molecule has 0 saturated carbocycles. The third kappa shape index (κ3) is 7.97. The zero-order valence-corrected chi connectivity index (χ0v) is 21.5. The number of benzene rings is 2. The standard InChI is InChI=1S/C24H35N5O.HI/c1-19-5-10-22(23(15-19)30-4)17-27-24(25-2)26-16-20-6-8-21(9-7-20)18-29-13-11-28(3)12-14-29;/h5-10,15H,11-14,16-18H2,1-4H3,(H2,25,26,27);1H. The molecule has 3 rings (SSSR count).